The summed E-state index contributed by atoms with van der Waals surface area (Å²) in [7, 11) is 0. The minimum Gasteiger partial charge on any atom is -0.508 e. The smallest absolute Gasteiger partial charge is 0.258 e. The van der Waals surface area contributed by atoms with Crippen LogP contribution in [-0.2, 0) is 4.79 Å². The Morgan fingerprint density at radius 2 is 1.74 bits per heavy atom. The average molecular weight is 476 g/mol. The summed E-state index contributed by atoms with van der Waals surface area (Å²) >= 11 is 3.46. The fourth-order valence-corrected chi connectivity index (χ4v) is 3.86. The van der Waals surface area contributed by atoms with Crippen LogP contribution in [0.4, 0.5) is 0 Å². The van der Waals surface area contributed by atoms with Crippen LogP contribution in [0.2, 0.25) is 0 Å². The van der Waals surface area contributed by atoms with Gasteiger partial charge < -0.3 is 15.2 Å². The molecule has 0 saturated carbocycles. The van der Waals surface area contributed by atoms with E-state index in [0.717, 1.165) is 26.4 Å². The van der Waals surface area contributed by atoms with Crippen LogP contribution in [0.3, 0.4) is 0 Å². The molecule has 31 heavy (non-hydrogen) atoms. The molecule has 0 aliphatic rings. The third-order valence-corrected chi connectivity index (χ3v) is 6.06. The predicted octanol–water partition coefficient (Wildman–Crippen LogP) is 5.90. The van der Waals surface area contributed by atoms with Crippen molar-refractivity contribution in [3.05, 3.63) is 106 Å². The molecular weight excluding hydrogens is 454 g/mol. The van der Waals surface area contributed by atoms with Gasteiger partial charge in [0.15, 0.2) is 6.61 Å². The van der Waals surface area contributed by atoms with E-state index in [1.54, 1.807) is 6.07 Å². The zero-order valence-corrected chi connectivity index (χ0v) is 18.6. The highest BCUT2D eigenvalue weighted by atomic mass is 79.9. The lowest BCUT2D eigenvalue weighted by atomic mass is 9.92. The molecule has 4 aromatic rings. The molecular formula is C26H22BrNO3. The Bertz CT molecular complexity index is 1220. The largest absolute Gasteiger partial charge is 0.508 e. The molecule has 4 aromatic carbocycles. The molecule has 5 heteroatoms. The van der Waals surface area contributed by atoms with Gasteiger partial charge >= 0.3 is 0 Å². The Balaban J connectivity index is 1.63. The Labute approximate surface area is 189 Å². The summed E-state index contributed by atoms with van der Waals surface area (Å²) in [6.07, 6.45) is 0. The van der Waals surface area contributed by atoms with Gasteiger partial charge in [-0.1, -0.05) is 76.6 Å². The van der Waals surface area contributed by atoms with Gasteiger partial charge in [-0.05, 0) is 53.1 Å². The fourth-order valence-electron chi connectivity index (χ4n) is 3.61. The van der Waals surface area contributed by atoms with Crippen molar-refractivity contribution in [2.24, 2.45) is 0 Å². The topological polar surface area (TPSA) is 58.6 Å². The summed E-state index contributed by atoms with van der Waals surface area (Å²) in [5.74, 6) is 0.485. The van der Waals surface area contributed by atoms with Gasteiger partial charge in [0.2, 0.25) is 0 Å². The molecule has 0 aromatic heterocycles. The Morgan fingerprint density at radius 1 is 1.00 bits per heavy atom. The van der Waals surface area contributed by atoms with E-state index in [4.69, 9.17) is 4.74 Å². The van der Waals surface area contributed by atoms with Crippen LogP contribution in [0.15, 0.2) is 89.4 Å². The second-order valence-corrected chi connectivity index (χ2v) is 8.18. The Hall–Kier alpha value is -3.31. The van der Waals surface area contributed by atoms with E-state index in [1.807, 2.05) is 85.8 Å². The number of rotatable bonds is 6. The first kappa shape index (κ1) is 20.9. The number of fused-ring (bicyclic) bond motifs is 1. The number of aromatic hydroxyl groups is 1. The van der Waals surface area contributed by atoms with Crippen molar-refractivity contribution in [3.8, 4) is 11.5 Å². The maximum atomic E-state index is 12.8. The molecule has 4 rings (SSSR count). The van der Waals surface area contributed by atoms with Crippen LogP contribution in [0.1, 0.15) is 22.7 Å². The van der Waals surface area contributed by atoms with Gasteiger partial charge in [-0.2, -0.15) is 0 Å². The SMILES string of the molecule is Cc1cc(OCC(=O)NC(c2ccccc2)c2c(O)ccc3ccccc23)ccc1Br. The quantitative estimate of drug-likeness (QED) is 0.364. The number of benzene rings is 4. The van der Waals surface area contributed by atoms with Crippen LogP contribution >= 0.6 is 15.9 Å². The molecule has 1 unspecified atom stereocenters. The van der Waals surface area contributed by atoms with Crippen molar-refractivity contribution in [2.75, 3.05) is 6.61 Å². The molecule has 0 bridgehead atoms. The van der Waals surface area contributed by atoms with Crippen LogP contribution < -0.4 is 10.1 Å². The molecule has 0 radical (unpaired) electrons. The lowest BCUT2D eigenvalue weighted by Gasteiger charge is -2.22. The summed E-state index contributed by atoms with van der Waals surface area (Å²) in [6.45, 7) is 1.83. The molecule has 156 valence electrons. The molecule has 4 nitrogen and oxygen atoms in total. The van der Waals surface area contributed by atoms with Gasteiger partial charge in [0.25, 0.3) is 5.91 Å². The number of phenolic OH excluding ortho intramolecular Hbond substituents is 1. The van der Waals surface area contributed by atoms with E-state index >= 15 is 0 Å². The molecule has 0 aliphatic heterocycles. The lowest BCUT2D eigenvalue weighted by Crippen LogP contribution is -2.33. The molecule has 0 heterocycles. The maximum absolute atomic E-state index is 12.8. The first-order valence-electron chi connectivity index (χ1n) is 9.97. The molecule has 1 atom stereocenters. The highest BCUT2D eigenvalue weighted by molar-refractivity contribution is 9.10. The normalized spacial score (nSPS) is 11.8. The van der Waals surface area contributed by atoms with Crippen molar-refractivity contribution in [3.63, 3.8) is 0 Å². The van der Waals surface area contributed by atoms with E-state index in [9.17, 15) is 9.90 Å². The first-order chi connectivity index (χ1) is 15.0. The molecule has 2 N–H and O–H groups in total. The van der Waals surface area contributed by atoms with E-state index in [0.29, 0.717) is 11.3 Å². The number of phenols is 1. The molecule has 0 saturated heterocycles. The fraction of sp³-hybridized carbons (Fsp3) is 0.115. The average Bonchev–Trinajstić information content (AvgIpc) is 2.79. The van der Waals surface area contributed by atoms with Gasteiger partial charge in [-0.25, -0.2) is 0 Å². The van der Waals surface area contributed by atoms with Gasteiger partial charge in [0.05, 0.1) is 6.04 Å². The number of halogens is 1. The van der Waals surface area contributed by atoms with Crippen molar-refractivity contribution in [1.82, 2.24) is 5.32 Å². The zero-order valence-electron chi connectivity index (χ0n) is 17.0. The number of nitrogens with one attached hydrogen (secondary N) is 1. The predicted molar refractivity (Wildman–Crippen MR) is 126 cm³/mol. The van der Waals surface area contributed by atoms with E-state index < -0.39 is 6.04 Å². The summed E-state index contributed by atoms with van der Waals surface area (Å²) in [5, 5.41) is 15.7. The summed E-state index contributed by atoms with van der Waals surface area (Å²) in [6, 6.07) is 26.0. The van der Waals surface area contributed by atoms with E-state index in [-0.39, 0.29) is 18.3 Å². The molecule has 0 aliphatic carbocycles. The number of amides is 1. The zero-order chi connectivity index (χ0) is 21.8. The van der Waals surface area contributed by atoms with Crippen molar-refractivity contribution >= 4 is 32.6 Å². The summed E-state index contributed by atoms with van der Waals surface area (Å²) in [5.41, 5.74) is 2.57. The first-order valence-corrected chi connectivity index (χ1v) is 10.8. The van der Waals surface area contributed by atoms with Crippen LogP contribution in [0.5, 0.6) is 11.5 Å². The van der Waals surface area contributed by atoms with Gasteiger partial charge in [-0.3, -0.25) is 4.79 Å². The number of aryl methyl sites for hydroxylation is 1. The van der Waals surface area contributed by atoms with Gasteiger partial charge in [-0.15, -0.1) is 0 Å². The number of hydrogen-bond donors (Lipinski definition) is 2. The molecule has 0 spiro atoms. The number of hydrogen-bond acceptors (Lipinski definition) is 3. The molecule has 0 fully saturated rings. The van der Waals surface area contributed by atoms with Crippen LogP contribution in [-0.4, -0.2) is 17.6 Å². The number of ether oxygens (including phenoxy) is 1. The second-order valence-electron chi connectivity index (χ2n) is 7.33. The van der Waals surface area contributed by atoms with Gasteiger partial charge in [0, 0.05) is 10.0 Å². The minimum atomic E-state index is -0.518. The summed E-state index contributed by atoms with van der Waals surface area (Å²) in [4.78, 5) is 12.8. The maximum Gasteiger partial charge on any atom is 0.258 e. The monoisotopic (exact) mass is 475 g/mol. The lowest BCUT2D eigenvalue weighted by molar-refractivity contribution is -0.123. The standard InChI is InChI=1S/C26H22BrNO3/c1-17-15-20(12-13-22(17)27)31-16-24(30)28-26(19-8-3-2-4-9-19)25-21-10-6-5-7-18(21)11-14-23(25)29/h2-15,26,29H,16H2,1H3,(H,28,30). The van der Waals surface area contributed by atoms with Crippen molar-refractivity contribution in [2.45, 2.75) is 13.0 Å². The summed E-state index contributed by atoms with van der Waals surface area (Å²) < 4.78 is 6.68. The van der Waals surface area contributed by atoms with Crippen LogP contribution in [0.25, 0.3) is 10.8 Å². The van der Waals surface area contributed by atoms with E-state index in [2.05, 4.69) is 21.2 Å². The Kier molecular flexibility index (Phi) is 6.23. The van der Waals surface area contributed by atoms with Crippen LogP contribution in [0, 0.1) is 6.92 Å². The van der Waals surface area contributed by atoms with E-state index in [1.165, 1.54) is 0 Å². The van der Waals surface area contributed by atoms with Crippen molar-refractivity contribution < 1.29 is 14.6 Å². The van der Waals surface area contributed by atoms with Crippen molar-refractivity contribution in [1.29, 1.82) is 0 Å². The highest BCUT2D eigenvalue weighted by Gasteiger charge is 2.22. The second kappa shape index (κ2) is 9.23. The number of carbonyl (C=O) groups is 1. The number of carbonyl (C=O) groups excluding carboxylic acids is 1. The third-order valence-electron chi connectivity index (χ3n) is 5.17. The van der Waals surface area contributed by atoms with Gasteiger partial charge in [0.1, 0.15) is 11.5 Å². The molecule has 1 amide bonds. The minimum absolute atomic E-state index is 0.129. The highest BCUT2D eigenvalue weighted by Crippen LogP contribution is 2.35. The Morgan fingerprint density at radius 3 is 2.52 bits per heavy atom. The third kappa shape index (κ3) is 4.72.